The van der Waals surface area contributed by atoms with Crippen LogP contribution in [-0.4, -0.2) is 21.3 Å². The standard InChI is InChI=1S/C30H25NO5S/c1-16-13-20(10-12-21(16)19-9-11-23-26(14-19)37-17(2)27(23)30(33)34)35-15-24-28(22-5-3-4-6-25(22)32)31-36-29(24)18-7-8-18/h3-6,9-14,18,32H,7-8,15H2,1-2H3,(H,33,34). The van der Waals surface area contributed by atoms with Crippen LogP contribution in [0.2, 0.25) is 0 Å². The SMILES string of the molecule is Cc1cc(OCc2c(-c3ccccc3O)noc2C2CC2)ccc1-c1ccc2c(C(=O)O)c(C)sc2c1. The number of hydrogen-bond donors (Lipinski definition) is 2. The molecule has 0 radical (unpaired) electrons. The van der Waals surface area contributed by atoms with Crippen LogP contribution >= 0.6 is 11.3 Å². The lowest BCUT2D eigenvalue weighted by atomic mass is 9.99. The van der Waals surface area contributed by atoms with Crippen molar-refractivity contribution in [3.8, 4) is 33.9 Å². The average Bonchev–Trinajstić information content (AvgIpc) is 3.54. The fraction of sp³-hybridized carbons (Fsp3) is 0.200. The highest BCUT2D eigenvalue weighted by Gasteiger charge is 2.33. The molecule has 2 heterocycles. The molecule has 0 atom stereocenters. The molecule has 2 N–H and O–H groups in total. The Morgan fingerprint density at radius 3 is 2.62 bits per heavy atom. The number of phenolic OH excluding ortho intramolecular Hbond substituents is 1. The third-order valence-electron chi connectivity index (χ3n) is 6.90. The van der Waals surface area contributed by atoms with Crippen LogP contribution in [0.25, 0.3) is 32.5 Å². The van der Waals surface area contributed by atoms with Gasteiger partial charge in [0.2, 0.25) is 0 Å². The second-order valence-corrected chi connectivity index (χ2v) is 10.7. The molecule has 0 aliphatic heterocycles. The van der Waals surface area contributed by atoms with Crippen molar-refractivity contribution >= 4 is 27.4 Å². The Labute approximate surface area is 217 Å². The number of rotatable bonds is 7. The van der Waals surface area contributed by atoms with Crippen LogP contribution in [0, 0.1) is 13.8 Å². The summed E-state index contributed by atoms with van der Waals surface area (Å²) in [6, 6.07) is 19.0. The summed E-state index contributed by atoms with van der Waals surface area (Å²) in [5.41, 5.74) is 5.66. The molecule has 37 heavy (non-hydrogen) atoms. The lowest BCUT2D eigenvalue weighted by molar-refractivity contribution is 0.0699. The van der Waals surface area contributed by atoms with Crippen molar-refractivity contribution in [2.75, 3.05) is 0 Å². The van der Waals surface area contributed by atoms with E-state index in [-0.39, 0.29) is 12.4 Å². The number of phenols is 1. The highest BCUT2D eigenvalue weighted by Crippen LogP contribution is 2.45. The number of benzene rings is 3. The molecule has 1 fully saturated rings. The van der Waals surface area contributed by atoms with E-state index in [0.717, 1.165) is 61.6 Å². The zero-order chi connectivity index (χ0) is 25.7. The fourth-order valence-electron chi connectivity index (χ4n) is 4.87. The van der Waals surface area contributed by atoms with E-state index in [1.54, 1.807) is 12.1 Å². The number of carbonyl (C=O) groups is 1. The van der Waals surface area contributed by atoms with Gasteiger partial charge in [-0.05, 0) is 73.7 Å². The fourth-order valence-corrected chi connectivity index (χ4v) is 5.97. The predicted octanol–water partition coefficient (Wildman–Crippen LogP) is 7.70. The molecule has 7 heteroatoms. The van der Waals surface area contributed by atoms with Gasteiger partial charge in [-0.1, -0.05) is 35.5 Å². The number of thiophene rings is 1. The summed E-state index contributed by atoms with van der Waals surface area (Å²) in [6.07, 6.45) is 2.14. The molecular formula is C30H25NO5S. The smallest absolute Gasteiger partial charge is 0.337 e. The summed E-state index contributed by atoms with van der Waals surface area (Å²) in [7, 11) is 0. The molecule has 1 saturated carbocycles. The van der Waals surface area contributed by atoms with Crippen molar-refractivity contribution in [3.63, 3.8) is 0 Å². The number of aryl methyl sites for hydroxylation is 2. The van der Waals surface area contributed by atoms with Crippen molar-refractivity contribution in [3.05, 3.63) is 88.0 Å². The molecule has 1 aliphatic carbocycles. The van der Waals surface area contributed by atoms with Crippen molar-refractivity contribution < 1.29 is 24.3 Å². The molecule has 0 saturated heterocycles. The first-order valence-electron chi connectivity index (χ1n) is 12.2. The zero-order valence-corrected chi connectivity index (χ0v) is 21.3. The lowest BCUT2D eigenvalue weighted by Crippen LogP contribution is -2.00. The van der Waals surface area contributed by atoms with Gasteiger partial charge in [0.1, 0.15) is 29.6 Å². The summed E-state index contributed by atoms with van der Waals surface area (Å²) in [5.74, 6) is 1.19. The third kappa shape index (κ3) is 4.25. The van der Waals surface area contributed by atoms with Gasteiger partial charge < -0.3 is 19.5 Å². The second-order valence-electron chi connectivity index (χ2n) is 9.48. The van der Waals surface area contributed by atoms with Crippen LogP contribution < -0.4 is 4.74 Å². The van der Waals surface area contributed by atoms with E-state index in [1.165, 1.54) is 11.3 Å². The first-order chi connectivity index (χ1) is 17.9. The number of carboxylic acids is 1. The Balaban J connectivity index is 1.27. The van der Waals surface area contributed by atoms with E-state index in [2.05, 4.69) is 11.2 Å². The largest absolute Gasteiger partial charge is 0.507 e. The van der Waals surface area contributed by atoms with Gasteiger partial charge >= 0.3 is 5.97 Å². The number of aromatic carboxylic acids is 1. The Kier molecular flexibility index (Phi) is 5.72. The summed E-state index contributed by atoms with van der Waals surface area (Å²) < 4.78 is 12.9. The second kappa shape index (κ2) is 9.09. The maximum atomic E-state index is 11.6. The number of aromatic hydroxyl groups is 1. The average molecular weight is 512 g/mol. The van der Waals surface area contributed by atoms with E-state index in [0.29, 0.717) is 22.7 Å². The number of fused-ring (bicyclic) bond motifs is 1. The van der Waals surface area contributed by atoms with Crippen LogP contribution in [0.3, 0.4) is 0 Å². The normalized spacial score (nSPS) is 13.2. The quantitative estimate of drug-likeness (QED) is 0.233. The molecule has 3 aromatic carbocycles. The molecule has 2 aromatic heterocycles. The van der Waals surface area contributed by atoms with Crippen LogP contribution in [0.1, 0.15) is 50.9 Å². The van der Waals surface area contributed by atoms with E-state index in [1.807, 2.05) is 56.3 Å². The number of para-hydroxylation sites is 1. The molecule has 6 nitrogen and oxygen atoms in total. The van der Waals surface area contributed by atoms with Crippen molar-refractivity contribution in [1.29, 1.82) is 0 Å². The van der Waals surface area contributed by atoms with E-state index < -0.39 is 5.97 Å². The van der Waals surface area contributed by atoms with Crippen LogP contribution in [0.5, 0.6) is 11.5 Å². The maximum absolute atomic E-state index is 11.6. The molecule has 5 aromatic rings. The summed E-state index contributed by atoms with van der Waals surface area (Å²) >= 11 is 1.50. The molecule has 0 bridgehead atoms. The zero-order valence-electron chi connectivity index (χ0n) is 20.4. The minimum atomic E-state index is -0.891. The highest BCUT2D eigenvalue weighted by molar-refractivity contribution is 7.19. The van der Waals surface area contributed by atoms with Gasteiger partial charge in [-0.15, -0.1) is 11.3 Å². The minimum absolute atomic E-state index is 0.160. The summed E-state index contributed by atoms with van der Waals surface area (Å²) in [6.45, 7) is 4.17. The van der Waals surface area contributed by atoms with E-state index in [4.69, 9.17) is 9.26 Å². The number of aromatic nitrogens is 1. The number of ether oxygens (including phenoxy) is 1. The van der Waals surface area contributed by atoms with Gasteiger partial charge in [-0.2, -0.15) is 0 Å². The Hall–Kier alpha value is -4.10. The van der Waals surface area contributed by atoms with Crippen LogP contribution in [0.15, 0.2) is 65.2 Å². The van der Waals surface area contributed by atoms with Gasteiger partial charge in [-0.3, -0.25) is 0 Å². The van der Waals surface area contributed by atoms with Crippen molar-refractivity contribution in [2.45, 2.75) is 39.2 Å². The van der Waals surface area contributed by atoms with Crippen LogP contribution in [0.4, 0.5) is 0 Å². The summed E-state index contributed by atoms with van der Waals surface area (Å²) in [4.78, 5) is 12.4. The molecule has 0 amide bonds. The minimum Gasteiger partial charge on any atom is -0.507 e. The molecule has 0 unspecified atom stereocenters. The summed E-state index contributed by atoms with van der Waals surface area (Å²) in [5, 5.41) is 25.0. The molecule has 0 spiro atoms. The van der Waals surface area contributed by atoms with Crippen molar-refractivity contribution in [1.82, 2.24) is 5.16 Å². The molecule has 6 rings (SSSR count). The van der Waals surface area contributed by atoms with Gasteiger partial charge in [-0.25, -0.2) is 4.79 Å². The topological polar surface area (TPSA) is 92.8 Å². The van der Waals surface area contributed by atoms with Crippen LogP contribution in [-0.2, 0) is 6.61 Å². The first-order valence-corrected chi connectivity index (χ1v) is 13.0. The molecule has 1 aliphatic rings. The van der Waals surface area contributed by atoms with E-state index >= 15 is 0 Å². The number of carboxylic acid groups (broad SMARTS) is 1. The predicted molar refractivity (Wildman–Crippen MR) is 144 cm³/mol. The van der Waals surface area contributed by atoms with Crippen molar-refractivity contribution in [2.24, 2.45) is 0 Å². The Morgan fingerprint density at radius 1 is 1.08 bits per heavy atom. The molecule has 186 valence electrons. The van der Waals surface area contributed by atoms with Gasteiger partial charge in [0.25, 0.3) is 0 Å². The first kappa shape index (κ1) is 23.3. The Bertz CT molecular complexity index is 1660. The monoisotopic (exact) mass is 511 g/mol. The molecular weight excluding hydrogens is 486 g/mol. The Morgan fingerprint density at radius 2 is 1.89 bits per heavy atom. The van der Waals surface area contributed by atoms with Gasteiger partial charge in [0.15, 0.2) is 0 Å². The van der Waals surface area contributed by atoms with Gasteiger partial charge in [0.05, 0.1) is 11.1 Å². The van der Waals surface area contributed by atoms with E-state index in [9.17, 15) is 15.0 Å². The third-order valence-corrected chi connectivity index (χ3v) is 7.97. The lowest BCUT2D eigenvalue weighted by Gasteiger charge is -2.12. The van der Waals surface area contributed by atoms with Gasteiger partial charge in [0, 0.05) is 26.4 Å². The maximum Gasteiger partial charge on any atom is 0.337 e. The number of hydrogen-bond acceptors (Lipinski definition) is 6. The number of nitrogens with zero attached hydrogens (tertiary/aromatic N) is 1. The highest BCUT2D eigenvalue weighted by atomic mass is 32.1.